The summed E-state index contributed by atoms with van der Waals surface area (Å²) < 4.78 is 4.93. The second kappa shape index (κ2) is 6.83. The van der Waals surface area contributed by atoms with Crippen LogP contribution in [0.3, 0.4) is 0 Å². The molecule has 0 unspecified atom stereocenters. The first-order chi connectivity index (χ1) is 12.6. The van der Waals surface area contributed by atoms with Gasteiger partial charge >= 0.3 is 5.97 Å². The number of nitrogens with two attached hydrogens (primary N) is 1. The summed E-state index contributed by atoms with van der Waals surface area (Å²) >= 11 is 8.02. The first kappa shape index (κ1) is 17.2. The summed E-state index contributed by atoms with van der Waals surface area (Å²) in [4.78, 5) is 22.5. The van der Waals surface area contributed by atoms with E-state index in [4.69, 9.17) is 27.2 Å². The van der Waals surface area contributed by atoms with Crippen LogP contribution in [0.5, 0.6) is 0 Å². The summed E-state index contributed by atoms with van der Waals surface area (Å²) in [7, 11) is 1.43. The number of amidine groups is 1. The van der Waals surface area contributed by atoms with Crippen LogP contribution in [0.25, 0.3) is 0 Å². The average molecular weight is 389 g/mol. The molecule has 4 rings (SSSR count). The van der Waals surface area contributed by atoms with Gasteiger partial charge in [-0.1, -0.05) is 29.8 Å². The second-order valence-electron chi connectivity index (χ2n) is 6.16. The van der Waals surface area contributed by atoms with E-state index in [0.29, 0.717) is 30.2 Å². The smallest absolute Gasteiger partial charge is 0.309 e. The number of halogens is 1. The zero-order valence-electron chi connectivity index (χ0n) is 14.1. The summed E-state index contributed by atoms with van der Waals surface area (Å²) in [5.74, 6) is 5.84. The van der Waals surface area contributed by atoms with Crippen molar-refractivity contribution >= 4 is 45.5 Å². The molecular weight excluding hydrogens is 372 g/mol. The fraction of sp³-hybridized carbons (Fsp3) is 0.278. The lowest BCUT2D eigenvalue weighted by Crippen LogP contribution is -2.32. The highest BCUT2D eigenvalue weighted by Gasteiger charge is 2.35. The van der Waals surface area contributed by atoms with Gasteiger partial charge in [0.15, 0.2) is 0 Å². The van der Waals surface area contributed by atoms with E-state index >= 15 is 0 Å². The number of ether oxygens (including phenoxy) is 1. The maximum absolute atomic E-state index is 12.0. The van der Waals surface area contributed by atoms with E-state index in [1.807, 2.05) is 24.3 Å². The number of hydrogen-bond donors (Lipinski definition) is 2. The van der Waals surface area contributed by atoms with Crippen LogP contribution in [0.15, 0.2) is 34.3 Å². The Kier molecular flexibility index (Phi) is 4.52. The molecule has 3 N–H and O–H groups in total. The third-order valence-electron chi connectivity index (χ3n) is 4.64. The zero-order chi connectivity index (χ0) is 18.3. The fourth-order valence-electron chi connectivity index (χ4n) is 3.42. The van der Waals surface area contributed by atoms with Crippen molar-refractivity contribution in [2.45, 2.75) is 12.8 Å². The lowest BCUT2D eigenvalue weighted by molar-refractivity contribution is -0.145. The number of carbonyl (C=O) groups excluding carboxylic acids is 1. The van der Waals surface area contributed by atoms with Gasteiger partial charge in [0.1, 0.15) is 10.8 Å². The van der Waals surface area contributed by atoms with Gasteiger partial charge in [-0.2, -0.15) is 0 Å². The molecule has 1 atom stereocenters. The van der Waals surface area contributed by atoms with Gasteiger partial charge < -0.3 is 10.2 Å². The predicted octanol–water partition coefficient (Wildman–Crippen LogP) is 2.63. The number of benzene rings is 1. The van der Waals surface area contributed by atoms with Crippen LogP contribution >= 0.6 is 22.9 Å². The number of esters is 1. The van der Waals surface area contributed by atoms with Crippen LogP contribution in [-0.2, 0) is 22.4 Å². The standard InChI is InChI=1S/C18H17ClN4O2S/c1-25-18(24)9-6-11-13(7-9)26-17-15(11)16(21-8-14(22-17)23-20)10-4-2-3-5-12(10)19/h2-5,9H,6-8,20H2,1H3,(H,22,23)/t9-/m0/s1. The van der Waals surface area contributed by atoms with E-state index in [9.17, 15) is 4.79 Å². The highest BCUT2D eigenvalue weighted by atomic mass is 35.5. The van der Waals surface area contributed by atoms with Crippen molar-refractivity contribution in [2.75, 3.05) is 13.7 Å². The summed E-state index contributed by atoms with van der Waals surface area (Å²) in [5.41, 5.74) is 6.33. The molecule has 0 amide bonds. The summed E-state index contributed by atoms with van der Waals surface area (Å²) in [6.07, 6.45) is 1.29. The molecule has 0 saturated heterocycles. The maximum Gasteiger partial charge on any atom is 0.309 e. The molecule has 2 heterocycles. The number of aliphatic imine (C=N–C) groups is 2. The lowest BCUT2D eigenvalue weighted by Gasteiger charge is -2.11. The molecule has 0 radical (unpaired) electrons. The molecule has 0 bridgehead atoms. The van der Waals surface area contributed by atoms with Gasteiger partial charge in [0, 0.05) is 21.0 Å². The van der Waals surface area contributed by atoms with Gasteiger partial charge in [0.25, 0.3) is 0 Å². The summed E-state index contributed by atoms with van der Waals surface area (Å²) in [6.45, 7) is 0.341. The zero-order valence-corrected chi connectivity index (χ0v) is 15.7. The van der Waals surface area contributed by atoms with Crippen molar-refractivity contribution in [3.8, 4) is 0 Å². The molecule has 0 spiro atoms. The SMILES string of the molecule is COC(=O)[C@@H]1Cc2sc3c(c2C1)C(c1ccccc1Cl)=NCC(NN)=N3. The van der Waals surface area contributed by atoms with Gasteiger partial charge in [0.2, 0.25) is 0 Å². The fourth-order valence-corrected chi connectivity index (χ4v) is 4.95. The monoisotopic (exact) mass is 388 g/mol. The Morgan fingerprint density at radius 1 is 1.38 bits per heavy atom. The first-order valence-corrected chi connectivity index (χ1v) is 9.38. The Labute approximate surface area is 159 Å². The Hall–Kier alpha value is -2.22. The molecular formula is C18H17ClN4O2S. The quantitative estimate of drug-likeness (QED) is 0.470. The summed E-state index contributed by atoms with van der Waals surface area (Å²) in [6, 6.07) is 7.61. The Morgan fingerprint density at radius 3 is 2.92 bits per heavy atom. The highest BCUT2D eigenvalue weighted by molar-refractivity contribution is 7.16. The van der Waals surface area contributed by atoms with Crippen molar-refractivity contribution in [2.24, 2.45) is 21.7 Å². The van der Waals surface area contributed by atoms with Crippen LogP contribution in [0.1, 0.15) is 21.6 Å². The van der Waals surface area contributed by atoms with E-state index in [2.05, 4.69) is 10.4 Å². The molecule has 6 nitrogen and oxygen atoms in total. The molecule has 2 aromatic rings. The van der Waals surface area contributed by atoms with Crippen molar-refractivity contribution < 1.29 is 9.53 Å². The van der Waals surface area contributed by atoms with Gasteiger partial charge in [0.05, 0.1) is 25.3 Å². The van der Waals surface area contributed by atoms with Crippen molar-refractivity contribution in [3.63, 3.8) is 0 Å². The van der Waals surface area contributed by atoms with Crippen LogP contribution in [0.4, 0.5) is 5.00 Å². The number of hydrazine groups is 1. The summed E-state index contributed by atoms with van der Waals surface area (Å²) in [5, 5.41) is 1.48. The maximum atomic E-state index is 12.0. The third kappa shape index (κ3) is 2.82. The number of rotatable bonds is 2. The number of hydrogen-bond acceptors (Lipinski definition) is 7. The van der Waals surface area contributed by atoms with Gasteiger partial charge in [-0.05, 0) is 24.5 Å². The molecule has 1 aromatic carbocycles. The van der Waals surface area contributed by atoms with Crippen LogP contribution in [0.2, 0.25) is 5.02 Å². The lowest BCUT2D eigenvalue weighted by atomic mass is 9.98. The average Bonchev–Trinajstić information content (AvgIpc) is 3.14. The van der Waals surface area contributed by atoms with Crippen molar-refractivity contribution in [3.05, 3.63) is 50.9 Å². The van der Waals surface area contributed by atoms with Crippen molar-refractivity contribution in [1.82, 2.24) is 5.43 Å². The van der Waals surface area contributed by atoms with E-state index in [-0.39, 0.29) is 11.9 Å². The number of carbonyl (C=O) groups is 1. The van der Waals surface area contributed by atoms with E-state index < -0.39 is 0 Å². The largest absolute Gasteiger partial charge is 0.469 e. The predicted molar refractivity (Wildman–Crippen MR) is 104 cm³/mol. The Bertz CT molecular complexity index is 951. The number of methoxy groups -OCH3 is 1. The molecule has 8 heteroatoms. The molecule has 0 saturated carbocycles. The minimum absolute atomic E-state index is 0.154. The minimum Gasteiger partial charge on any atom is -0.469 e. The normalized spacial score (nSPS) is 18.3. The number of fused-ring (bicyclic) bond motifs is 3. The molecule has 1 aliphatic carbocycles. The van der Waals surface area contributed by atoms with Gasteiger partial charge in [-0.25, -0.2) is 10.8 Å². The molecule has 0 fully saturated rings. The van der Waals surface area contributed by atoms with Crippen LogP contribution in [-0.4, -0.2) is 31.2 Å². The number of nitrogens with zero attached hydrogens (tertiary/aromatic N) is 2. The van der Waals surface area contributed by atoms with Crippen LogP contribution in [0, 0.1) is 5.92 Å². The number of nitrogens with one attached hydrogen (secondary N) is 1. The number of thiophene rings is 1. The van der Waals surface area contributed by atoms with E-state index in [1.54, 1.807) is 11.3 Å². The second-order valence-corrected chi connectivity index (χ2v) is 7.65. The Balaban J connectivity index is 1.86. The molecule has 1 aromatic heterocycles. The minimum atomic E-state index is -0.181. The van der Waals surface area contributed by atoms with E-state index in [1.165, 1.54) is 7.11 Å². The molecule has 2 aliphatic rings. The Morgan fingerprint density at radius 2 is 2.19 bits per heavy atom. The topological polar surface area (TPSA) is 89.1 Å². The third-order valence-corrected chi connectivity index (χ3v) is 6.12. The van der Waals surface area contributed by atoms with Gasteiger partial charge in [-0.3, -0.25) is 9.79 Å². The van der Waals surface area contributed by atoms with Crippen LogP contribution < -0.4 is 11.3 Å². The van der Waals surface area contributed by atoms with Gasteiger partial charge in [-0.15, -0.1) is 11.3 Å². The van der Waals surface area contributed by atoms with Crippen molar-refractivity contribution in [1.29, 1.82) is 0 Å². The van der Waals surface area contributed by atoms with E-state index in [0.717, 1.165) is 32.3 Å². The first-order valence-electron chi connectivity index (χ1n) is 8.18. The molecule has 26 heavy (non-hydrogen) atoms. The molecule has 134 valence electrons. The highest BCUT2D eigenvalue weighted by Crippen LogP contribution is 2.45. The molecule has 1 aliphatic heterocycles.